The zero-order valence-corrected chi connectivity index (χ0v) is 12.4. The number of benzene rings is 1. The van der Waals surface area contributed by atoms with E-state index >= 15 is 0 Å². The molecular weight excluding hydrogens is 253 g/mol. The standard InChI is InChI=1S/C17H22FNO/c1-17-7-6-11(9-17)16(19(2)3)14(10-17)13-8-12(20)4-5-15(13)18/h4-5,8,10-11,16,20H,6-7,9H2,1-3H3. The molecule has 0 aromatic heterocycles. The Labute approximate surface area is 119 Å². The highest BCUT2D eigenvalue weighted by atomic mass is 19.1. The summed E-state index contributed by atoms with van der Waals surface area (Å²) in [6.07, 6.45) is 5.80. The van der Waals surface area contributed by atoms with Gasteiger partial charge in [0.15, 0.2) is 0 Å². The van der Waals surface area contributed by atoms with Gasteiger partial charge in [-0.1, -0.05) is 13.0 Å². The van der Waals surface area contributed by atoms with Gasteiger partial charge in [-0.05, 0) is 68.5 Å². The largest absolute Gasteiger partial charge is 0.508 e. The van der Waals surface area contributed by atoms with E-state index in [0.717, 1.165) is 5.57 Å². The molecule has 1 fully saturated rings. The molecule has 0 spiro atoms. The van der Waals surface area contributed by atoms with Gasteiger partial charge in [-0.15, -0.1) is 0 Å². The molecule has 0 heterocycles. The fourth-order valence-corrected chi connectivity index (χ4v) is 4.10. The third-order valence-corrected chi connectivity index (χ3v) is 4.90. The predicted molar refractivity (Wildman–Crippen MR) is 79.0 cm³/mol. The molecule has 1 aromatic rings. The molecule has 0 aliphatic heterocycles. The van der Waals surface area contributed by atoms with Crippen molar-refractivity contribution in [1.82, 2.24) is 4.90 Å². The number of halogens is 1. The molecule has 3 rings (SSSR count). The minimum atomic E-state index is -0.245. The molecule has 0 saturated heterocycles. The molecule has 2 bridgehead atoms. The van der Waals surface area contributed by atoms with Crippen LogP contribution in [0.4, 0.5) is 4.39 Å². The number of hydrogen-bond donors (Lipinski definition) is 1. The Bertz CT molecular complexity index is 566. The number of fused-ring (bicyclic) bond motifs is 2. The van der Waals surface area contributed by atoms with Crippen LogP contribution in [-0.2, 0) is 0 Å². The van der Waals surface area contributed by atoms with Gasteiger partial charge in [0, 0.05) is 11.6 Å². The lowest BCUT2D eigenvalue weighted by atomic mass is 9.74. The van der Waals surface area contributed by atoms with Crippen molar-refractivity contribution in [3.8, 4) is 5.75 Å². The summed E-state index contributed by atoms with van der Waals surface area (Å²) in [7, 11) is 4.11. The average molecular weight is 275 g/mol. The highest BCUT2D eigenvalue weighted by Crippen LogP contribution is 2.53. The number of likely N-dealkylation sites (N-methyl/N-ethyl adjacent to an activating group) is 1. The highest BCUT2D eigenvalue weighted by molar-refractivity contribution is 5.73. The number of phenols is 1. The van der Waals surface area contributed by atoms with Crippen LogP contribution >= 0.6 is 0 Å². The van der Waals surface area contributed by atoms with Crippen LogP contribution in [-0.4, -0.2) is 30.1 Å². The van der Waals surface area contributed by atoms with Crippen LogP contribution in [0.1, 0.15) is 31.7 Å². The first-order valence-corrected chi connectivity index (χ1v) is 7.28. The smallest absolute Gasteiger partial charge is 0.131 e. The second-order valence-corrected chi connectivity index (χ2v) is 6.83. The first-order chi connectivity index (χ1) is 9.39. The number of rotatable bonds is 2. The van der Waals surface area contributed by atoms with Crippen molar-refractivity contribution in [2.75, 3.05) is 14.1 Å². The summed E-state index contributed by atoms with van der Waals surface area (Å²) < 4.78 is 14.2. The Balaban J connectivity index is 2.13. The van der Waals surface area contributed by atoms with Crippen molar-refractivity contribution in [3.05, 3.63) is 35.7 Å². The van der Waals surface area contributed by atoms with E-state index in [9.17, 15) is 9.50 Å². The van der Waals surface area contributed by atoms with E-state index in [1.807, 2.05) is 0 Å². The monoisotopic (exact) mass is 275 g/mol. The summed E-state index contributed by atoms with van der Waals surface area (Å²) in [6.45, 7) is 2.26. The van der Waals surface area contributed by atoms with Crippen LogP contribution in [0.15, 0.2) is 24.3 Å². The summed E-state index contributed by atoms with van der Waals surface area (Å²) in [5.41, 5.74) is 1.78. The van der Waals surface area contributed by atoms with Crippen molar-refractivity contribution >= 4 is 5.57 Å². The van der Waals surface area contributed by atoms with Crippen molar-refractivity contribution in [1.29, 1.82) is 0 Å². The summed E-state index contributed by atoms with van der Waals surface area (Å²) >= 11 is 0. The third kappa shape index (κ3) is 2.14. The van der Waals surface area contributed by atoms with Crippen molar-refractivity contribution in [2.45, 2.75) is 32.2 Å². The molecule has 2 aliphatic rings. The van der Waals surface area contributed by atoms with E-state index in [-0.39, 0.29) is 23.0 Å². The average Bonchev–Trinajstić information content (AvgIpc) is 2.67. The molecule has 0 amide bonds. The third-order valence-electron chi connectivity index (χ3n) is 4.90. The molecule has 20 heavy (non-hydrogen) atoms. The molecule has 2 aliphatic carbocycles. The minimum Gasteiger partial charge on any atom is -0.508 e. The maximum absolute atomic E-state index is 14.2. The number of hydrogen-bond acceptors (Lipinski definition) is 2. The van der Waals surface area contributed by atoms with Crippen LogP contribution in [0, 0.1) is 17.2 Å². The van der Waals surface area contributed by atoms with Gasteiger partial charge in [0.25, 0.3) is 0 Å². The molecule has 3 heteroatoms. The zero-order chi connectivity index (χ0) is 14.5. The van der Waals surface area contributed by atoms with Gasteiger partial charge in [0.1, 0.15) is 11.6 Å². The Morgan fingerprint density at radius 1 is 1.35 bits per heavy atom. The Hall–Kier alpha value is -1.35. The first-order valence-electron chi connectivity index (χ1n) is 7.28. The first kappa shape index (κ1) is 13.6. The van der Waals surface area contributed by atoms with Gasteiger partial charge in [-0.3, -0.25) is 0 Å². The molecular formula is C17H22FNO. The molecule has 1 N–H and O–H groups in total. The number of aromatic hydroxyl groups is 1. The molecule has 2 nitrogen and oxygen atoms in total. The molecule has 1 saturated carbocycles. The minimum absolute atomic E-state index is 0.128. The summed E-state index contributed by atoms with van der Waals surface area (Å²) in [5.74, 6) is 0.463. The normalized spacial score (nSPS) is 32.5. The van der Waals surface area contributed by atoms with Gasteiger partial charge in [-0.25, -0.2) is 4.39 Å². The quantitative estimate of drug-likeness (QED) is 0.890. The van der Waals surface area contributed by atoms with Crippen LogP contribution in [0.25, 0.3) is 5.57 Å². The number of phenolic OH excluding ortho intramolecular Hbond substituents is 1. The molecule has 108 valence electrons. The zero-order valence-electron chi connectivity index (χ0n) is 12.4. The SMILES string of the molecule is CN(C)C1C(c2cc(O)ccc2F)=CC2(C)CCC1C2. The second-order valence-electron chi connectivity index (χ2n) is 6.83. The summed E-state index contributed by atoms with van der Waals surface area (Å²) in [6, 6.07) is 4.56. The maximum atomic E-state index is 14.2. The highest BCUT2D eigenvalue weighted by Gasteiger charge is 2.44. The molecule has 0 radical (unpaired) electrons. The van der Waals surface area contributed by atoms with Crippen LogP contribution in [0.3, 0.4) is 0 Å². The van der Waals surface area contributed by atoms with E-state index in [4.69, 9.17) is 0 Å². The Morgan fingerprint density at radius 2 is 2.10 bits per heavy atom. The van der Waals surface area contributed by atoms with Crippen molar-refractivity contribution < 1.29 is 9.50 Å². The van der Waals surface area contributed by atoms with Crippen LogP contribution in [0.2, 0.25) is 0 Å². The second kappa shape index (κ2) is 4.59. The van der Waals surface area contributed by atoms with E-state index in [1.54, 1.807) is 6.07 Å². The fraction of sp³-hybridized carbons (Fsp3) is 0.529. The van der Waals surface area contributed by atoms with Crippen molar-refractivity contribution in [3.63, 3.8) is 0 Å². The van der Waals surface area contributed by atoms with E-state index in [2.05, 4.69) is 32.0 Å². The van der Waals surface area contributed by atoms with Crippen LogP contribution in [0.5, 0.6) is 5.75 Å². The molecule has 1 aromatic carbocycles. The summed E-state index contributed by atoms with van der Waals surface area (Å²) in [4.78, 5) is 2.19. The van der Waals surface area contributed by atoms with E-state index in [1.165, 1.54) is 31.4 Å². The lowest BCUT2D eigenvalue weighted by molar-refractivity contribution is 0.242. The Kier molecular flexibility index (Phi) is 3.13. The number of nitrogens with zero attached hydrogens (tertiary/aromatic N) is 1. The van der Waals surface area contributed by atoms with Crippen LogP contribution < -0.4 is 0 Å². The van der Waals surface area contributed by atoms with E-state index in [0.29, 0.717) is 11.5 Å². The fourth-order valence-electron chi connectivity index (χ4n) is 4.10. The van der Waals surface area contributed by atoms with Crippen molar-refractivity contribution in [2.24, 2.45) is 11.3 Å². The number of allylic oxidation sites excluding steroid dienone is 1. The van der Waals surface area contributed by atoms with Gasteiger partial charge < -0.3 is 10.0 Å². The Morgan fingerprint density at radius 3 is 2.80 bits per heavy atom. The van der Waals surface area contributed by atoms with E-state index < -0.39 is 0 Å². The summed E-state index contributed by atoms with van der Waals surface area (Å²) in [5, 5.41) is 9.70. The predicted octanol–water partition coefficient (Wildman–Crippen LogP) is 3.66. The van der Waals surface area contributed by atoms with Gasteiger partial charge in [0.2, 0.25) is 0 Å². The lowest BCUT2D eigenvalue weighted by Crippen LogP contribution is -2.38. The lowest BCUT2D eigenvalue weighted by Gasteiger charge is -2.38. The molecule has 3 unspecified atom stereocenters. The topological polar surface area (TPSA) is 23.5 Å². The van der Waals surface area contributed by atoms with Gasteiger partial charge in [0.05, 0.1) is 0 Å². The van der Waals surface area contributed by atoms with Gasteiger partial charge >= 0.3 is 0 Å². The maximum Gasteiger partial charge on any atom is 0.131 e. The van der Waals surface area contributed by atoms with Gasteiger partial charge in [-0.2, -0.15) is 0 Å². The molecule has 3 atom stereocenters.